The number of likely N-dealkylation sites (tertiary alicyclic amines) is 2. The van der Waals surface area contributed by atoms with Crippen LogP contribution < -0.4 is 5.73 Å². The van der Waals surface area contributed by atoms with Crippen molar-refractivity contribution in [1.82, 2.24) is 14.7 Å². The van der Waals surface area contributed by atoms with Crippen LogP contribution in [0.5, 0.6) is 0 Å². The van der Waals surface area contributed by atoms with Crippen LogP contribution in [0, 0.1) is 0 Å². The Hall–Kier alpha value is -2.53. The lowest BCUT2D eigenvalue weighted by atomic mass is 10.0. The second-order valence-corrected chi connectivity index (χ2v) is 10.5. The van der Waals surface area contributed by atoms with Crippen molar-refractivity contribution in [2.24, 2.45) is 5.73 Å². The molecule has 10 nitrogen and oxygen atoms in total. The van der Waals surface area contributed by atoms with Gasteiger partial charge >= 0.3 is 12.1 Å². The van der Waals surface area contributed by atoms with Gasteiger partial charge in [0.2, 0.25) is 11.8 Å². The van der Waals surface area contributed by atoms with E-state index in [-0.39, 0.29) is 29.1 Å². The SMILES string of the molecule is CC(C)(C)OC(=O)N1CCC(N2CCC(=CC3=C(C(=O)O)N4C(=O)C(N)C4SC3)C2=O)C1. The number of carboxylic acid groups (broad SMARTS) is 1. The molecule has 3 unspecified atom stereocenters. The highest BCUT2D eigenvalue weighted by Crippen LogP contribution is 2.40. The molecule has 3 amide bonds. The molecule has 32 heavy (non-hydrogen) atoms. The predicted molar refractivity (Wildman–Crippen MR) is 116 cm³/mol. The molecule has 3 atom stereocenters. The molecule has 4 aliphatic rings. The van der Waals surface area contributed by atoms with Crippen molar-refractivity contribution in [3.8, 4) is 0 Å². The minimum absolute atomic E-state index is 0.0869. The van der Waals surface area contributed by atoms with Gasteiger partial charge in [-0.05, 0) is 45.3 Å². The second-order valence-electron chi connectivity index (χ2n) is 9.40. The molecule has 4 heterocycles. The van der Waals surface area contributed by atoms with Crippen molar-refractivity contribution in [2.45, 2.75) is 56.7 Å². The number of rotatable bonds is 3. The number of β-lactam (4-membered cyclic amide) rings is 1. The van der Waals surface area contributed by atoms with Crippen LogP contribution in [0.15, 0.2) is 22.9 Å². The standard InChI is InChI=1S/C21H28N4O6S/c1-21(2,3)31-20(30)23-6-5-13(9-23)24-7-4-11(16(24)26)8-12-10-32-18-14(22)17(27)25(18)15(12)19(28)29/h8,13-14,18H,4-7,9-10,22H2,1-3H3,(H,28,29). The molecule has 3 fully saturated rings. The minimum atomic E-state index is -1.20. The highest BCUT2D eigenvalue weighted by atomic mass is 32.2. The van der Waals surface area contributed by atoms with Gasteiger partial charge in [-0.3, -0.25) is 14.5 Å². The van der Waals surface area contributed by atoms with Crippen molar-refractivity contribution >= 4 is 35.6 Å². The van der Waals surface area contributed by atoms with E-state index in [1.54, 1.807) is 15.9 Å². The number of ether oxygens (including phenoxy) is 1. The van der Waals surface area contributed by atoms with Crippen LogP contribution >= 0.6 is 11.8 Å². The summed E-state index contributed by atoms with van der Waals surface area (Å²) in [7, 11) is 0. The molecule has 0 aromatic carbocycles. The van der Waals surface area contributed by atoms with Gasteiger partial charge in [0.15, 0.2) is 0 Å². The molecule has 0 saturated carbocycles. The molecule has 3 N–H and O–H groups in total. The maximum absolute atomic E-state index is 13.1. The van der Waals surface area contributed by atoms with E-state index < -0.39 is 23.5 Å². The quantitative estimate of drug-likeness (QED) is 0.461. The van der Waals surface area contributed by atoms with Crippen LogP contribution in [0.3, 0.4) is 0 Å². The highest BCUT2D eigenvalue weighted by Gasteiger charge is 2.51. The van der Waals surface area contributed by atoms with E-state index in [0.717, 1.165) is 0 Å². The number of nitrogens with two attached hydrogens (primary N) is 1. The molecule has 3 saturated heterocycles. The van der Waals surface area contributed by atoms with Crippen LogP contribution in [-0.2, 0) is 19.1 Å². The van der Waals surface area contributed by atoms with Crippen molar-refractivity contribution in [2.75, 3.05) is 25.4 Å². The van der Waals surface area contributed by atoms with E-state index in [1.165, 1.54) is 16.7 Å². The molecule has 0 aliphatic carbocycles. The van der Waals surface area contributed by atoms with Crippen molar-refractivity contribution in [3.05, 3.63) is 22.9 Å². The molecular weight excluding hydrogens is 436 g/mol. The molecule has 4 rings (SSSR count). The number of aliphatic carboxylic acids is 1. The fourth-order valence-corrected chi connectivity index (χ4v) is 5.72. The van der Waals surface area contributed by atoms with Crippen LogP contribution in [-0.4, -0.2) is 92.1 Å². The van der Waals surface area contributed by atoms with E-state index >= 15 is 0 Å². The Labute approximate surface area is 190 Å². The van der Waals surface area contributed by atoms with Crippen molar-refractivity contribution in [1.29, 1.82) is 0 Å². The van der Waals surface area contributed by atoms with E-state index in [4.69, 9.17) is 10.5 Å². The Balaban J connectivity index is 1.47. The summed E-state index contributed by atoms with van der Waals surface area (Å²) in [6.45, 7) is 6.88. The Morgan fingerprint density at radius 3 is 2.62 bits per heavy atom. The van der Waals surface area contributed by atoms with Crippen LogP contribution in [0.1, 0.15) is 33.6 Å². The largest absolute Gasteiger partial charge is 0.477 e. The van der Waals surface area contributed by atoms with E-state index in [9.17, 15) is 24.3 Å². The first-order chi connectivity index (χ1) is 15.0. The molecule has 174 valence electrons. The van der Waals surface area contributed by atoms with Gasteiger partial charge < -0.3 is 25.4 Å². The molecule has 11 heteroatoms. The topological polar surface area (TPSA) is 133 Å². The summed E-state index contributed by atoms with van der Waals surface area (Å²) in [6, 6.07) is -0.795. The zero-order chi connectivity index (χ0) is 23.4. The van der Waals surface area contributed by atoms with Gasteiger partial charge in [-0.1, -0.05) is 0 Å². The first kappa shape index (κ1) is 22.7. The first-order valence-corrected chi connectivity index (χ1v) is 11.7. The van der Waals surface area contributed by atoms with Crippen molar-refractivity contribution < 1.29 is 29.0 Å². The van der Waals surface area contributed by atoms with E-state index in [2.05, 4.69) is 0 Å². The number of amides is 3. The Morgan fingerprint density at radius 1 is 1.25 bits per heavy atom. The number of nitrogens with zero attached hydrogens (tertiary/aromatic N) is 3. The van der Waals surface area contributed by atoms with Gasteiger partial charge in [-0.15, -0.1) is 11.8 Å². The number of carboxylic acids is 1. The molecule has 0 radical (unpaired) electrons. The summed E-state index contributed by atoms with van der Waals surface area (Å²) in [4.78, 5) is 54.0. The minimum Gasteiger partial charge on any atom is -0.477 e. The summed E-state index contributed by atoms with van der Waals surface area (Å²) in [6.07, 6.45) is 2.38. The monoisotopic (exact) mass is 464 g/mol. The van der Waals surface area contributed by atoms with Gasteiger partial charge in [-0.25, -0.2) is 9.59 Å². The summed E-state index contributed by atoms with van der Waals surface area (Å²) in [5.41, 5.74) is 6.09. The van der Waals surface area contributed by atoms with Crippen LogP contribution in [0.2, 0.25) is 0 Å². The first-order valence-electron chi connectivity index (χ1n) is 10.6. The van der Waals surface area contributed by atoms with Gasteiger partial charge in [0.25, 0.3) is 0 Å². The fourth-order valence-electron chi connectivity index (χ4n) is 4.47. The van der Waals surface area contributed by atoms with E-state index in [0.29, 0.717) is 49.4 Å². The fraction of sp³-hybridized carbons (Fsp3) is 0.619. The Kier molecular flexibility index (Phi) is 5.74. The number of allylic oxidation sites excluding steroid dienone is 1. The number of carbonyl (C=O) groups excluding carboxylic acids is 3. The zero-order valence-corrected chi connectivity index (χ0v) is 19.2. The molecule has 4 aliphatic heterocycles. The third kappa shape index (κ3) is 3.99. The Morgan fingerprint density at radius 2 is 1.97 bits per heavy atom. The lowest BCUT2D eigenvalue weighted by Gasteiger charge is -2.47. The smallest absolute Gasteiger partial charge is 0.410 e. The number of hydrogen-bond donors (Lipinski definition) is 2. The average molecular weight is 465 g/mol. The zero-order valence-electron chi connectivity index (χ0n) is 18.4. The molecule has 0 spiro atoms. The summed E-state index contributed by atoms with van der Waals surface area (Å²) >= 11 is 1.40. The van der Waals surface area contributed by atoms with E-state index in [1.807, 2.05) is 20.8 Å². The number of fused-ring (bicyclic) bond motifs is 1. The number of thioether (sulfide) groups is 1. The van der Waals surface area contributed by atoms with Crippen LogP contribution in [0.25, 0.3) is 0 Å². The number of hydrogen-bond acceptors (Lipinski definition) is 7. The summed E-state index contributed by atoms with van der Waals surface area (Å²) in [5, 5.41) is 9.31. The maximum Gasteiger partial charge on any atom is 0.410 e. The van der Waals surface area contributed by atoms with Gasteiger partial charge in [0.05, 0.1) is 6.04 Å². The summed E-state index contributed by atoms with van der Waals surface area (Å²) < 4.78 is 5.42. The van der Waals surface area contributed by atoms with Gasteiger partial charge in [0.1, 0.15) is 22.7 Å². The average Bonchev–Trinajstić information content (AvgIpc) is 3.33. The molecule has 0 aromatic rings. The highest BCUT2D eigenvalue weighted by molar-refractivity contribution is 8.00. The lowest BCUT2D eigenvalue weighted by molar-refractivity contribution is -0.147. The van der Waals surface area contributed by atoms with Gasteiger partial charge in [-0.2, -0.15) is 0 Å². The third-order valence-electron chi connectivity index (χ3n) is 6.00. The normalized spacial score (nSPS) is 29.6. The third-order valence-corrected chi connectivity index (χ3v) is 7.33. The van der Waals surface area contributed by atoms with Crippen molar-refractivity contribution in [3.63, 3.8) is 0 Å². The molecular formula is C21H28N4O6S. The predicted octanol–water partition coefficient (Wildman–Crippen LogP) is 0.736. The lowest BCUT2D eigenvalue weighted by Crippen LogP contribution is -2.68. The van der Waals surface area contributed by atoms with Gasteiger partial charge in [0, 0.05) is 31.0 Å². The molecule has 0 aromatic heterocycles. The number of carbonyl (C=O) groups is 4. The second kappa shape index (κ2) is 8.11. The molecule has 0 bridgehead atoms. The Bertz CT molecular complexity index is 939. The maximum atomic E-state index is 13.1. The van der Waals surface area contributed by atoms with Crippen LogP contribution in [0.4, 0.5) is 4.79 Å². The summed E-state index contributed by atoms with van der Waals surface area (Å²) in [5.74, 6) is -1.40.